The molecular weight excluding hydrogens is 431 g/mol. The maximum absolute atomic E-state index is 14.1. The molecule has 1 unspecified atom stereocenters. The van der Waals surface area contributed by atoms with Crippen LogP contribution in [0.2, 0.25) is 0 Å². The van der Waals surface area contributed by atoms with Gasteiger partial charge in [0.1, 0.15) is 0 Å². The maximum Gasteiger partial charge on any atom is 0.573 e. The van der Waals surface area contributed by atoms with Gasteiger partial charge in [-0.15, -0.1) is 24.5 Å². The minimum absolute atomic E-state index is 0.251. The normalized spacial score (nSPS) is 17.1. The molecule has 4 rings (SSSR count). The van der Waals surface area contributed by atoms with E-state index < -0.39 is 23.7 Å². The van der Waals surface area contributed by atoms with Crippen molar-refractivity contribution in [1.82, 2.24) is 0 Å². The smallest absolute Gasteiger partial charge is 0.399 e. The summed E-state index contributed by atoms with van der Waals surface area (Å²) in [5, 5.41) is 1.25. The van der Waals surface area contributed by atoms with Gasteiger partial charge in [0.05, 0.1) is 0 Å². The van der Waals surface area contributed by atoms with Crippen LogP contribution < -0.4 is 4.74 Å². The Hall–Kier alpha value is -2.41. The highest BCUT2D eigenvalue weighted by molar-refractivity contribution is 7.19. The number of alkyl halides is 3. The van der Waals surface area contributed by atoms with Crippen molar-refractivity contribution >= 4 is 27.0 Å². The Balaban J connectivity index is 1.52. The number of fused-ring (bicyclic) bond motifs is 1. The SMILES string of the molecule is CCCc1cc2ccc(C3CC=C(c4cc(F)c(OC(F)(F)F)c(F)c4)CC3)cc2s1. The van der Waals surface area contributed by atoms with Crippen LogP contribution in [0.25, 0.3) is 15.7 Å². The second kappa shape index (κ2) is 8.61. The van der Waals surface area contributed by atoms with Gasteiger partial charge >= 0.3 is 6.36 Å². The van der Waals surface area contributed by atoms with Crippen molar-refractivity contribution in [2.24, 2.45) is 0 Å². The highest BCUT2D eigenvalue weighted by Crippen LogP contribution is 2.39. The number of benzene rings is 2. The summed E-state index contributed by atoms with van der Waals surface area (Å²) in [5.41, 5.74) is 2.22. The fourth-order valence-corrected chi connectivity index (χ4v) is 5.30. The Kier molecular flexibility index (Phi) is 6.06. The topological polar surface area (TPSA) is 9.23 Å². The number of halogens is 5. The van der Waals surface area contributed by atoms with Crippen LogP contribution >= 0.6 is 11.3 Å². The molecule has 0 amide bonds. The number of allylic oxidation sites excluding steroid dienone is 2. The number of hydrogen-bond acceptors (Lipinski definition) is 2. The molecule has 7 heteroatoms. The molecule has 3 aromatic rings. The van der Waals surface area contributed by atoms with Crippen molar-refractivity contribution in [1.29, 1.82) is 0 Å². The van der Waals surface area contributed by atoms with Crippen LogP contribution in [0, 0.1) is 11.6 Å². The monoisotopic (exact) mass is 452 g/mol. The van der Waals surface area contributed by atoms with Crippen molar-refractivity contribution < 1.29 is 26.7 Å². The molecule has 0 N–H and O–H groups in total. The van der Waals surface area contributed by atoms with Gasteiger partial charge in [0.25, 0.3) is 0 Å². The summed E-state index contributed by atoms with van der Waals surface area (Å²) in [6, 6.07) is 10.6. The number of rotatable bonds is 5. The van der Waals surface area contributed by atoms with E-state index in [4.69, 9.17) is 0 Å². The molecule has 0 aliphatic heterocycles. The minimum atomic E-state index is -5.15. The average Bonchev–Trinajstić information content (AvgIpc) is 3.12. The molecule has 1 aliphatic rings. The predicted octanol–water partition coefficient (Wildman–Crippen LogP) is 8.38. The number of ether oxygens (including phenoxy) is 1. The van der Waals surface area contributed by atoms with Crippen molar-refractivity contribution in [3.05, 3.63) is 70.1 Å². The lowest BCUT2D eigenvalue weighted by molar-refractivity contribution is -0.276. The van der Waals surface area contributed by atoms with Crippen LogP contribution in [0.1, 0.15) is 54.5 Å². The number of aryl methyl sites for hydroxylation is 1. The first kappa shape index (κ1) is 21.8. The Morgan fingerprint density at radius 1 is 1.06 bits per heavy atom. The fraction of sp³-hybridized carbons (Fsp3) is 0.333. The van der Waals surface area contributed by atoms with Crippen molar-refractivity contribution in [2.45, 2.75) is 51.3 Å². The van der Waals surface area contributed by atoms with Crippen LogP contribution in [0.3, 0.4) is 0 Å². The van der Waals surface area contributed by atoms with E-state index in [0.717, 1.165) is 37.0 Å². The molecule has 2 aromatic carbocycles. The van der Waals surface area contributed by atoms with Crippen molar-refractivity contribution in [2.75, 3.05) is 0 Å². The number of hydrogen-bond donors (Lipinski definition) is 0. The van der Waals surface area contributed by atoms with Gasteiger partial charge in [-0.3, -0.25) is 0 Å². The van der Waals surface area contributed by atoms with E-state index in [9.17, 15) is 22.0 Å². The molecule has 0 bridgehead atoms. The van der Waals surface area contributed by atoms with E-state index >= 15 is 0 Å². The van der Waals surface area contributed by atoms with Crippen LogP contribution in [0.4, 0.5) is 22.0 Å². The van der Waals surface area contributed by atoms with Gasteiger partial charge in [-0.05, 0) is 78.0 Å². The standard InChI is InChI=1S/C24H21F5OS/c1-2-3-19-10-17-9-8-16(13-22(17)31-19)14-4-6-15(7-5-14)18-11-20(25)23(21(26)12-18)30-24(27,28)29/h6,8-14H,2-5,7H2,1H3. The zero-order valence-electron chi connectivity index (χ0n) is 16.9. The minimum Gasteiger partial charge on any atom is -0.399 e. The lowest BCUT2D eigenvalue weighted by Crippen LogP contribution is -2.19. The Morgan fingerprint density at radius 3 is 2.42 bits per heavy atom. The summed E-state index contributed by atoms with van der Waals surface area (Å²) in [6.45, 7) is 2.16. The van der Waals surface area contributed by atoms with Crippen molar-refractivity contribution in [3.63, 3.8) is 0 Å². The zero-order chi connectivity index (χ0) is 22.2. The summed E-state index contributed by atoms with van der Waals surface area (Å²) in [6.07, 6.45) is 1.05. The molecule has 0 saturated heterocycles. The summed E-state index contributed by atoms with van der Waals surface area (Å²) >= 11 is 1.82. The van der Waals surface area contributed by atoms with Crippen LogP contribution in [0.15, 0.2) is 42.5 Å². The van der Waals surface area contributed by atoms with Gasteiger partial charge in [0.15, 0.2) is 11.6 Å². The van der Waals surface area contributed by atoms with Gasteiger partial charge in [0.2, 0.25) is 5.75 Å². The van der Waals surface area contributed by atoms with Gasteiger partial charge in [-0.1, -0.05) is 31.6 Å². The molecule has 0 fully saturated rings. The van der Waals surface area contributed by atoms with E-state index in [1.807, 2.05) is 17.4 Å². The molecule has 1 nitrogen and oxygen atoms in total. The van der Waals surface area contributed by atoms with E-state index in [-0.39, 0.29) is 5.56 Å². The molecule has 1 aliphatic carbocycles. The lowest BCUT2D eigenvalue weighted by Gasteiger charge is -2.23. The van der Waals surface area contributed by atoms with Crippen LogP contribution in [-0.4, -0.2) is 6.36 Å². The molecule has 1 aromatic heterocycles. The average molecular weight is 452 g/mol. The van der Waals surface area contributed by atoms with Gasteiger partial charge in [-0.2, -0.15) is 0 Å². The largest absolute Gasteiger partial charge is 0.573 e. The highest BCUT2D eigenvalue weighted by atomic mass is 32.1. The summed E-state index contributed by atoms with van der Waals surface area (Å²) in [4.78, 5) is 1.38. The molecule has 31 heavy (non-hydrogen) atoms. The summed E-state index contributed by atoms with van der Waals surface area (Å²) in [5.74, 6) is -3.84. The van der Waals surface area contributed by atoms with Gasteiger partial charge < -0.3 is 4.74 Å². The van der Waals surface area contributed by atoms with E-state index in [0.29, 0.717) is 18.8 Å². The van der Waals surface area contributed by atoms with Crippen LogP contribution in [-0.2, 0) is 6.42 Å². The first-order chi connectivity index (χ1) is 14.7. The molecule has 1 atom stereocenters. The fourth-order valence-electron chi connectivity index (χ4n) is 4.08. The Morgan fingerprint density at radius 2 is 1.81 bits per heavy atom. The highest BCUT2D eigenvalue weighted by Gasteiger charge is 2.34. The molecule has 164 valence electrons. The molecule has 1 heterocycles. The number of thiophene rings is 1. The second-order valence-corrected chi connectivity index (χ2v) is 8.95. The first-order valence-electron chi connectivity index (χ1n) is 10.2. The summed E-state index contributed by atoms with van der Waals surface area (Å²) < 4.78 is 69.8. The molecule has 0 spiro atoms. The van der Waals surface area contributed by atoms with Gasteiger partial charge in [0, 0.05) is 9.58 Å². The van der Waals surface area contributed by atoms with E-state index in [1.165, 1.54) is 20.5 Å². The zero-order valence-corrected chi connectivity index (χ0v) is 17.7. The maximum atomic E-state index is 14.1. The Bertz CT molecular complexity index is 1110. The lowest BCUT2D eigenvalue weighted by atomic mass is 9.82. The second-order valence-electron chi connectivity index (χ2n) is 7.78. The van der Waals surface area contributed by atoms with E-state index in [1.54, 1.807) is 0 Å². The predicted molar refractivity (Wildman–Crippen MR) is 113 cm³/mol. The van der Waals surface area contributed by atoms with Crippen molar-refractivity contribution in [3.8, 4) is 5.75 Å². The molecular formula is C24H21F5OS. The van der Waals surface area contributed by atoms with E-state index in [2.05, 4.69) is 35.9 Å². The Labute approximate surface area is 181 Å². The third-order valence-corrected chi connectivity index (χ3v) is 6.72. The third kappa shape index (κ3) is 4.92. The van der Waals surface area contributed by atoms with Gasteiger partial charge in [-0.25, -0.2) is 8.78 Å². The molecule has 0 saturated carbocycles. The summed E-state index contributed by atoms with van der Waals surface area (Å²) in [7, 11) is 0. The quantitative estimate of drug-likeness (QED) is 0.353. The molecule has 0 radical (unpaired) electrons. The first-order valence-corrected chi connectivity index (χ1v) is 11.0. The van der Waals surface area contributed by atoms with Crippen LogP contribution in [0.5, 0.6) is 5.75 Å². The third-order valence-electron chi connectivity index (χ3n) is 5.56.